The number of benzene rings is 2. The summed E-state index contributed by atoms with van der Waals surface area (Å²) in [4.78, 5) is 0.303. The molecule has 0 fully saturated rings. The van der Waals surface area contributed by atoms with Crippen LogP contribution in [0.5, 0.6) is 5.75 Å². The van der Waals surface area contributed by atoms with Crippen LogP contribution in [0.1, 0.15) is 12.0 Å². The van der Waals surface area contributed by atoms with Gasteiger partial charge in [-0.05, 0) is 54.8 Å². The highest BCUT2D eigenvalue weighted by Crippen LogP contribution is 2.16. The van der Waals surface area contributed by atoms with Crippen LogP contribution >= 0.6 is 0 Å². The second-order valence-corrected chi connectivity index (χ2v) is 6.95. The van der Waals surface area contributed by atoms with Crippen LogP contribution in [-0.4, -0.2) is 21.3 Å². The van der Waals surface area contributed by atoms with Crippen molar-refractivity contribution in [2.45, 2.75) is 17.7 Å². The number of rotatable bonds is 6. The molecule has 0 aliphatic rings. The number of nitrogen functional groups attached to an aromatic ring is 1. The van der Waals surface area contributed by atoms with Crippen molar-refractivity contribution in [1.29, 1.82) is 0 Å². The molecule has 0 unspecified atom stereocenters. The third-order valence-corrected chi connectivity index (χ3v) is 4.24. The molecule has 0 saturated carbocycles. The zero-order valence-corrected chi connectivity index (χ0v) is 12.8. The quantitative estimate of drug-likeness (QED) is 0.658. The molecule has 0 atom stereocenters. The molecule has 21 heavy (non-hydrogen) atoms. The van der Waals surface area contributed by atoms with E-state index in [1.807, 2.05) is 24.3 Å². The Morgan fingerprint density at radius 3 is 2.19 bits per heavy atom. The number of ether oxygens (including phenoxy) is 1. The van der Waals surface area contributed by atoms with Gasteiger partial charge in [0.2, 0.25) is 0 Å². The summed E-state index contributed by atoms with van der Waals surface area (Å²) in [6.45, 7) is 0.586. The van der Waals surface area contributed by atoms with Crippen LogP contribution in [0, 0.1) is 0 Å². The summed E-state index contributed by atoms with van der Waals surface area (Å²) < 4.78 is 28.3. The molecule has 0 aliphatic heterocycles. The summed E-state index contributed by atoms with van der Waals surface area (Å²) >= 11 is 0. The molecule has 5 heteroatoms. The van der Waals surface area contributed by atoms with Crippen LogP contribution in [0.25, 0.3) is 0 Å². The van der Waals surface area contributed by atoms with Crippen molar-refractivity contribution >= 4 is 15.5 Å². The Morgan fingerprint density at radius 1 is 1.00 bits per heavy atom. The number of hydrogen-bond acceptors (Lipinski definition) is 4. The molecule has 0 radical (unpaired) electrons. The maximum Gasteiger partial charge on any atom is 0.175 e. The molecule has 0 aromatic heterocycles. The van der Waals surface area contributed by atoms with Crippen LogP contribution in [0.3, 0.4) is 0 Å². The first kappa shape index (κ1) is 15.4. The van der Waals surface area contributed by atoms with Crippen molar-refractivity contribution in [2.75, 3.05) is 18.6 Å². The summed E-state index contributed by atoms with van der Waals surface area (Å²) in [5.74, 6) is 0.680. The summed E-state index contributed by atoms with van der Waals surface area (Å²) in [7, 11) is -3.15. The van der Waals surface area contributed by atoms with Crippen molar-refractivity contribution in [2.24, 2.45) is 0 Å². The summed E-state index contributed by atoms with van der Waals surface area (Å²) in [6, 6.07) is 14.3. The Hall–Kier alpha value is -2.01. The molecule has 2 rings (SSSR count). The van der Waals surface area contributed by atoms with Crippen LogP contribution < -0.4 is 10.5 Å². The highest BCUT2D eigenvalue weighted by atomic mass is 32.2. The van der Waals surface area contributed by atoms with Crippen LogP contribution in [0.2, 0.25) is 0 Å². The minimum absolute atomic E-state index is 0.303. The predicted molar refractivity (Wildman–Crippen MR) is 84.2 cm³/mol. The van der Waals surface area contributed by atoms with Gasteiger partial charge in [-0.15, -0.1) is 0 Å². The van der Waals surface area contributed by atoms with Gasteiger partial charge in [0.25, 0.3) is 0 Å². The lowest BCUT2D eigenvalue weighted by Crippen LogP contribution is -2.01. The zero-order chi connectivity index (χ0) is 15.3. The molecule has 4 nitrogen and oxygen atoms in total. The lowest BCUT2D eigenvalue weighted by atomic mass is 10.1. The minimum atomic E-state index is -3.15. The van der Waals surface area contributed by atoms with Crippen LogP contribution in [0.4, 0.5) is 5.69 Å². The topological polar surface area (TPSA) is 69.4 Å². The van der Waals surface area contributed by atoms with Gasteiger partial charge in [-0.1, -0.05) is 12.1 Å². The lowest BCUT2D eigenvalue weighted by Gasteiger charge is -2.07. The van der Waals surface area contributed by atoms with Gasteiger partial charge in [0.15, 0.2) is 9.84 Å². The first-order chi connectivity index (χ1) is 9.95. The first-order valence-electron chi connectivity index (χ1n) is 6.72. The fourth-order valence-electron chi connectivity index (χ4n) is 1.93. The third-order valence-electron chi connectivity index (χ3n) is 3.11. The number of aryl methyl sites for hydroxylation is 1. The Morgan fingerprint density at radius 2 is 1.62 bits per heavy atom. The fraction of sp³-hybridized carbons (Fsp3) is 0.250. The van der Waals surface area contributed by atoms with E-state index in [9.17, 15) is 8.42 Å². The molecule has 0 spiro atoms. The molecule has 0 heterocycles. The third kappa shape index (κ3) is 4.79. The molecule has 2 aromatic rings. The average molecular weight is 305 g/mol. The molecule has 0 amide bonds. The number of nitrogens with two attached hydrogens (primary N) is 1. The number of anilines is 1. The highest BCUT2D eigenvalue weighted by Gasteiger charge is 2.06. The van der Waals surface area contributed by atoms with Crippen molar-refractivity contribution in [1.82, 2.24) is 0 Å². The smallest absolute Gasteiger partial charge is 0.175 e. The number of sulfone groups is 1. The molecule has 0 bridgehead atoms. The standard InChI is InChI=1S/C16H19NO3S/c1-21(18,19)16-10-8-15(9-11-16)20-12-2-3-13-4-6-14(17)7-5-13/h4-11H,2-3,12,17H2,1H3. The van der Waals surface area contributed by atoms with Gasteiger partial charge < -0.3 is 10.5 Å². The highest BCUT2D eigenvalue weighted by molar-refractivity contribution is 7.90. The maximum absolute atomic E-state index is 11.3. The Bertz CT molecular complexity index is 676. The summed E-state index contributed by atoms with van der Waals surface area (Å²) in [5, 5.41) is 0. The molecule has 0 saturated heterocycles. The largest absolute Gasteiger partial charge is 0.494 e. The van der Waals surface area contributed by atoms with Gasteiger partial charge >= 0.3 is 0 Å². The lowest BCUT2D eigenvalue weighted by molar-refractivity contribution is 0.311. The number of hydrogen-bond donors (Lipinski definition) is 1. The van der Waals surface area contributed by atoms with Crippen molar-refractivity contribution in [3.05, 3.63) is 54.1 Å². The van der Waals surface area contributed by atoms with Gasteiger partial charge in [-0.3, -0.25) is 0 Å². The summed E-state index contributed by atoms with van der Waals surface area (Å²) in [5.41, 5.74) is 7.62. The van der Waals surface area contributed by atoms with Crippen LogP contribution in [-0.2, 0) is 16.3 Å². The molecule has 2 N–H and O–H groups in total. The average Bonchev–Trinajstić information content (AvgIpc) is 2.45. The maximum atomic E-state index is 11.3. The van der Waals surface area contributed by atoms with E-state index in [-0.39, 0.29) is 0 Å². The second kappa shape index (κ2) is 6.63. The van der Waals surface area contributed by atoms with Gasteiger partial charge in [0.1, 0.15) is 5.75 Å². The molecule has 112 valence electrons. The van der Waals surface area contributed by atoms with E-state index < -0.39 is 9.84 Å². The van der Waals surface area contributed by atoms with E-state index >= 15 is 0 Å². The first-order valence-corrected chi connectivity index (χ1v) is 8.61. The summed E-state index contributed by atoms with van der Waals surface area (Å²) in [6.07, 6.45) is 2.99. The van der Waals surface area contributed by atoms with Crippen LogP contribution in [0.15, 0.2) is 53.4 Å². The van der Waals surface area contributed by atoms with E-state index in [4.69, 9.17) is 10.5 Å². The molecular formula is C16H19NO3S. The Kier molecular flexibility index (Phi) is 4.85. The Labute approximate surface area is 125 Å². The fourth-order valence-corrected chi connectivity index (χ4v) is 2.56. The van der Waals surface area contributed by atoms with E-state index in [0.29, 0.717) is 17.3 Å². The van der Waals surface area contributed by atoms with E-state index in [0.717, 1.165) is 18.5 Å². The van der Waals surface area contributed by atoms with Crippen molar-refractivity contribution < 1.29 is 13.2 Å². The van der Waals surface area contributed by atoms with E-state index in [2.05, 4.69) is 0 Å². The molecular weight excluding hydrogens is 286 g/mol. The van der Waals surface area contributed by atoms with E-state index in [1.54, 1.807) is 24.3 Å². The van der Waals surface area contributed by atoms with Gasteiger partial charge in [-0.2, -0.15) is 0 Å². The van der Waals surface area contributed by atoms with Crippen molar-refractivity contribution in [3.8, 4) is 5.75 Å². The van der Waals surface area contributed by atoms with Gasteiger partial charge in [0.05, 0.1) is 11.5 Å². The predicted octanol–water partition coefficient (Wildman–Crippen LogP) is 2.68. The van der Waals surface area contributed by atoms with Crippen molar-refractivity contribution in [3.63, 3.8) is 0 Å². The molecule has 0 aliphatic carbocycles. The zero-order valence-electron chi connectivity index (χ0n) is 12.0. The second-order valence-electron chi connectivity index (χ2n) is 4.94. The minimum Gasteiger partial charge on any atom is -0.494 e. The SMILES string of the molecule is CS(=O)(=O)c1ccc(OCCCc2ccc(N)cc2)cc1. The molecule has 2 aromatic carbocycles. The Balaban J connectivity index is 1.80. The van der Waals surface area contributed by atoms with Gasteiger partial charge in [-0.25, -0.2) is 8.42 Å². The van der Waals surface area contributed by atoms with Gasteiger partial charge in [0, 0.05) is 11.9 Å². The normalized spacial score (nSPS) is 11.3. The monoisotopic (exact) mass is 305 g/mol. The van der Waals surface area contributed by atoms with E-state index in [1.165, 1.54) is 11.8 Å².